The zero-order valence-electron chi connectivity index (χ0n) is 10.7. The van der Waals surface area contributed by atoms with Gasteiger partial charge in [0, 0.05) is 17.1 Å². The summed E-state index contributed by atoms with van der Waals surface area (Å²) in [6, 6.07) is 3.76. The van der Waals surface area contributed by atoms with Gasteiger partial charge in [-0.1, -0.05) is 22.9 Å². The highest BCUT2D eigenvalue weighted by molar-refractivity contribution is 9.10. The first-order valence-corrected chi connectivity index (χ1v) is 6.36. The first-order valence-electron chi connectivity index (χ1n) is 5.56. The second-order valence-corrected chi connectivity index (χ2v) is 5.04. The molecule has 5 heteroatoms. The highest BCUT2D eigenvalue weighted by Gasteiger charge is 2.18. The van der Waals surface area contributed by atoms with E-state index >= 15 is 0 Å². The van der Waals surface area contributed by atoms with Crippen LogP contribution in [-0.4, -0.2) is 25.3 Å². The lowest BCUT2D eigenvalue weighted by molar-refractivity contribution is -0.141. The molecule has 0 radical (unpaired) electrons. The standard InChI is InChI=1S/C13H17BrO4/c1-8(13(15)16)4-11-9(7-17-2)5-10(14)6-12(11)18-3/h5-6,8H,4,7H2,1-3H3,(H,15,16). The summed E-state index contributed by atoms with van der Waals surface area (Å²) in [7, 11) is 3.19. The van der Waals surface area contributed by atoms with Gasteiger partial charge in [0.05, 0.1) is 19.6 Å². The largest absolute Gasteiger partial charge is 0.496 e. The molecule has 1 rings (SSSR count). The van der Waals surface area contributed by atoms with Crippen LogP contribution in [0.1, 0.15) is 18.1 Å². The number of ether oxygens (including phenoxy) is 2. The van der Waals surface area contributed by atoms with Crippen LogP contribution in [0.15, 0.2) is 16.6 Å². The molecule has 18 heavy (non-hydrogen) atoms. The van der Waals surface area contributed by atoms with Crippen LogP contribution in [0, 0.1) is 5.92 Å². The molecule has 0 bridgehead atoms. The minimum Gasteiger partial charge on any atom is -0.496 e. The molecule has 1 unspecified atom stereocenters. The predicted molar refractivity (Wildman–Crippen MR) is 71.9 cm³/mol. The van der Waals surface area contributed by atoms with Gasteiger partial charge in [-0.2, -0.15) is 0 Å². The second-order valence-electron chi connectivity index (χ2n) is 4.12. The fourth-order valence-corrected chi connectivity index (χ4v) is 2.24. The van der Waals surface area contributed by atoms with Gasteiger partial charge in [0.2, 0.25) is 0 Å². The van der Waals surface area contributed by atoms with Crippen molar-refractivity contribution < 1.29 is 19.4 Å². The molecule has 4 nitrogen and oxygen atoms in total. The number of methoxy groups -OCH3 is 2. The van der Waals surface area contributed by atoms with Crippen molar-refractivity contribution in [2.45, 2.75) is 20.0 Å². The van der Waals surface area contributed by atoms with Crippen LogP contribution in [0.2, 0.25) is 0 Å². The summed E-state index contributed by atoms with van der Waals surface area (Å²) in [5, 5.41) is 9.00. The van der Waals surface area contributed by atoms with Crippen LogP contribution >= 0.6 is 15.9 Å². The van der Waals surface area contributed by atoms with Crippen LogP contribution < -0.4 is 4.74 Å². The third-order valence-corrected chi connectivity index (χ3v) is 3.18. The molecular formula is C13H17BrO4. The van der Waals surface area contributed by atoms with Crippen LogP contribution in [0.5, 0.6) is 5.75 Å². The van der Waals surface area contributed by atoms with Gasteiger partial charge in [-0.05, 0) is 24.1 Å². The van der Waals surface area contributed by atoms with Gasteiger partial charge in [-0.3, -0.25) is 4.79 Å². The molecule has 1 aromatic rings. The maximum atomic E-state index is 11.0. The van der Waals surface area contributed by atoms with Crippen LogP contribution in [0.4, 0.5) is 0 Å². The molecule has 0 saturated carbocycles. The molecular weight excluding hydrogens is 300 g/mol. The van der Waals surface area contributed by atoms with Gasteiger partial charge in [0.15, 0.2) is 0 Å². The Morgan fingerprint density at radius 1 is 1.44 bits per heavy atom. The van der Waals surface area contributed by atoms with Crippen molar-refractivity contribution >= 4 is 21.9 Å². The number of halogens is 1. The second kappa shape index (κ2) is 6.75. The zero-order chi connectivity index (χ0) is 13.7. The summed E-state index contributed by atoms with van der Waals surface area (Å²) in [5.41, 5.74) is 1.83. The quantitative estimate of drug-likeness (QED) is 0.876. The normalized spacial score (nSPS) is 12.2. The number of carboxylic acid groups (broad SMARTS) is 1. The molecule has 0 aliphatic heterocycles. The Hall–Kier alpha value is -1.07. The third kappa shape index (κ3) is 3.71. The number of aliphatic carboxylic acids is 1. The van der Waals surface area contributed by atoms with Crippen molar-refractivity contribution in [1.29, 1.82) is 0 Å². The highest BCUT2D eigenvalue weighted by Crippen LogP contribution is 2.30. The number of hydrogen-bond acceptors (Lipinski definition) is 3. The Labute approximate surface area is 115 Å². The maximum absolute atomic E-state index is 11.0. The molecule has 0 aromatic heterocycles. The van der Waals surface area contributed by atoms with Crippen molar-refractivity contribution in [2.75, 3.05) is 14.2 Å². The molecule has 0 spiro atoms. The monoisotopic (exact) mass is 316 g/mol. The van der Waals surface area contributed by atoms with Gasteiger partial charge in [-0.25, -0.2) is 0 Å². The molecule has 0 fully saturated rings. The van der Waals surface area contributed by atoms with Crippen LogP contribution in [0.3, 0.4) is 0 Å². The number of hydrogen-bond donors (Lipinski definition) is 1. The maximum Gasteiger partial charge on any atom is 0.306 e. The summed E-state index contributed by atoms with van der Waals surface area (Å²) in [4.78, 5) is 11.0. The SMILES string of the molecule is COCc1cc(Br)cc(OC)c1CC(C)C(=O)O. The summed E-state index contributed by atoms with van der Waals surface area (Å²) < 4.78 is 11.3. The Morgan fingerprint density at radius 3 is 2.61 bits per heavy atom. The lowest BCUT2D eigenvalue weighted by Crippen LogP contribution is -2.14. The Kier molecular flexibility index (Phi) is 5.62. The Balaban J connectivity index is 3.15. The van der Waals surface area contributed by atoms with Gasteiger partial charge in [0.1, 0.15) is 5.75 Å². The van der Waals surface area contributed by atoms with Gasteiger partial charge >= 0.3 is 5.97 Å². The Bertz CT molecular complexity index is 431. The summed E-state index contributed by atoms with van der Waals surface area (Å²) >= 11 is 3.40. The summed E-state index contributed by atoms with van der Waals surface area (Å²) in [6.07, 6.45) is 0.421. The molecule has 100 valence electrons. The molecule has 0 amide bonds. The minimum absolute atomic E-state index is 0.421. The van der Waals surface area contributed by atoms with E-state index in [1.807, 2.05) is 12.1 Å². The number of benzene rings is 1. The zero-order valence-corrected chi connectivity index (χ0v) is 12.3. The average Bonchev–Trinajstić information content (AvgIpc) is 2.31. The lowest BCUT2D eigenvalue weighted by atomic mass is 9.96. The molecule has 0 heterocycles. The molecule has 0 saturated heterocycles. The lowest BCUT2D eigenvalue weighted by Gasteiger charge is -2.16. The van der Waals surface area contributed by atoms with E-state index in [9.17, 15) is 4.79 Å². The third-order valence-electron chi connectivity index (χ3n) is 2.72. The van der Waals surface area contributed by atoms with Gasteiger partial charge in [-0.15, -0.1) is 0 Å². The number of carboxylic acids is 1. The number of carbonyl (C=O) groups is 1. The fraction of sp³-hybridized carbons (Fsp3) is 0.462. The first-order chi connectivity index (χ1) is 8.49. The van der Waals surface area contributed by atoms with Crippen LogP contribution in [-0.2, 0) is 22.6 Å². The van der Waals surface area contributed by atoms with E-state index in [1.54, 1.807) is 21.1 Å². The van der Waals surface area contributed by atoms with Crippen molar-refractivity contribution in [1.82, 2.24) is 0 Å². The average molecular weight is 317 g/mol. The smallest absolute Gasteiger partial charge is 0.306 e. The highest BCUT2D eigenvalue weighted by atomic mass is 79.9. The molecule has 1 atom stereocenters. The van der Waals surface area contributed by atoms with E-state index in [0.29, 0.717) is 18.8 Å². The van der Waals surface area contributed by atoms with Crippen LogP contribution in [0.25, 0.3) is 0 Å². The molecule has 1 aromatic carbocycles. The van der Waals surface area contributed by atoms with E-state index in [2.05, 4.69) is 15.9 Å². The first kappa shape index (κ1) is 15.0. The Morgan fingerprint density at radius 2 is 2.11 bits per heavy atom. The molecule has 1 N–H and O–H groups in total. The van der Waals surface area contributed by atoms with Crippen molar-refractivity contribution in [3.63, 3.8) is 0 Å². The van der Waals surface area contributed by atoms with E-state index in [4.69, 9.17) is 14.6 Å². The van der Waals surface area contributed by atoms with Gasteiger partial charge in [0.25, 0.3) is 0 Å². The van der Waals surface area contributed by atoms with E-state index in [1.165, 1.54) is 0 Å². The predicted octanol–water partition coefficient (Wildman–Crippen LogP) is 2.87. The minimum atomic E-state index is -0.816. The summed E-state index contributed by atoms with van der Waals surface area (Å²) in [5.74, 6) is -0.594. The molecule has 0 aliphatic rings. The molecule has 0 aliphatic carbocycles. The van der Waals surface area contributed by atoms with Crippen molar-refractivity contribution in [3.8, 4) is 5.75 Å². The van der Waals surface area contributed by atoms with Crippen molar-refractivity contribution in [3.05, 3.63) is 27.7 Å². The van der Waals surface area contributed by atoms with E-state index < -0.39 is 11.9 Å². The van der Waals surface area contributed by atoms with Gasteiger partial charge < -0.3 is 14.6 Å². The fourth-order valence-electron chi connectivity index (χ4n) is 1.76. The van der Waals surface area contributed by atoms with E-state index in [0.717, 1.165) is 15.6 Å². The van der Waals surface area contributed by atoms with Crippen molar-refractivity contribution in [2.24, 2.45) is 5.92 Å². The summed E-state index contributed by atoms with van der Waals surface area (Å²) in [6.45, 7) is 2.11. The number of rotatable bonds is 6. The topological polar surface area (TPSA) is 55.8 Å². The van der Waals surface area contributed by atoms with E-state index in [-0.39, 0.29) is 0 Å².